The second kappa shape index (κ2) is 6.39. The number of aryl methyl sites for hydroxylation is 1. The summed E-state index contributed by atoms with van der Waals surface area (Å²) in [6, 6.07) is 6.49. The molecule has 1 heterocycles. The van der Waals surface area contributed by atoms with E-state index in [0.29, 0.717) is 17.9 Å². The Bertz CT molecular complexity index is 615. The zero-order valence-corrected chi connectivity index (χ0v) is 12.0. The van der Waals surface area contributed by atoms with Crippen LogP contribution >= 0.6 is 0 Å². The molecule has 1 aromatic heterocycles. The third-order valence-electron chi connectivity index (χ3n) is 3.15. The van der Waals surface area contributed by atoms with Crippen molar-refractivity contribution in [3.63, 3.8) is 0 Å². The Balaban J connectivity index is 1.93. The minimum atomic E-state index is -1.03. The van der Waals surface area contributed by atoms with Gasteiger partial charge in [0.25, 0.3) is 0 Å². The van der Waals surface area contributed by atoms with Crippen LogP contribution in [0, 0.1) is 5.92 Å². The van der Waals surface area contributed by atoms with E-state index in [1.807, 2.05) is 24.3 Å². The van der Waals surface area contributed by atoms with Crippen LogP contribution in [0.4, 0.5) is 0 Å². The van der Waals surface area contributed by atoms with E-state index in [0.717, 1.165) is 5.52 Å². The van der Waals surface area contributed by atoms with Gasteiger partial charge in [0.2, 0.25) is 5.91 Å². The number of carbonyl (C=O) groups excluding carboxylic acids is 1. The lowest BCUT2D eigenvalue weighted by Crippen LogP contribution is -2.44. The minimum absolute atomic E-state index is 0.142. The van der Waals surface area contributed by atoms with Crippen molar-refractivity contribution in [2.24, 2.45) is 5.92 Å². The molecule has 6 heteroatoms. The van der Waals surface area contributed by atoms with Gasteiger partial charge in [-0.25, -0.2) is 9.78 Å². The molecule has 0 unspecified atom stereocenters. The van der Waals surface area contributed by atoms with Crippen LogP contribution in [0.2, 0.25) is 0 Å². The molecule has 2 aromatic rings. The van der Waals surface area contributed by atoms with E-state index in [-0.39, 0.29) is 18.2 Å². The smallest absolute Gasteiger partial charge is 0.326 e. The van der Waals surface area contributed by atoms with Crippen LogP contribution in [0.3, 0.4) is 0 Å². The summed E-state index contributed by atoms with van der Waals surface area (Å²) in [5, 5.41) is 11.5. The number of carboxylic acid groups (broad SMARTS) is 1. The molecule has 0 aliphatic rings. The normalized spacial score (nSPS) is 12.5. The van der Waals surface area contributed by atoms with Crippen LogP contribution in [0.1, 0.15) is 26.2 Å². The van der Waals surface area contributed by atoms with Crippen LogP contribution in [0.15, 0.2) is 28.7 Å². The fourth-order valence-corrected chi connectivity index (χ4v) is 2.01. The first-order valence-corrected chi connectivity index (χ1v) is 6.84. The van der Waals surface area contributed by atoms with Crippen LogP contribution in [-0.4, -0.2) is 28.0 Å². The molecule has 1 atom stereocenters. The molecule has 21 heavy (non-hydrogen) atoms. The molecule has 0 saturated carbocycles. The Morgan fingerprint density at radius 1 is 1.33 bits per heavy atom. The third-order valence-corrected chi connectivity index (χ3v) is 3.15. The number of nitrogens with one attached hydrogen (secondary N) is 1. The van der Waals surface area contributed by atoms with Gasteiger partial charge in [0.05, 0.1) is 0 Å². The van der Waals surface area contributed by atoms with Crippen LogP contribution in [0.25, 0.3) is 11.1 Å². The van der Waals surface area contributed by atoms with Crippen LogP contribution in [-0.2, 0) is 16.0 Å². The van der Waals surface area contributed by atoms with Gasteiger partial charge in [0, 0.05) is 12.8 Å². The quantitative estimate of drug-likeness (QED) is 0.848. The lowest BCUT2D eigenvalue weighted by atomic mass is 10.0. The Hall–Kier alpha value is -2.37. The predicted molar refractivity (Wildman–Crippen MR) is 76.7 cm³/mol. The first-order valence-electron chi connectivity index (χ1n) is 6.84. The molecular formula is C15H18N2O4. The molecular weight excluding hydrogens is 272 g/mol. The van der Waals surface area contributed by atoms with Gasteiger partial charge < -0.3 is 14.8 Å². The molecule has 2 N–H and O–H groups in total. The van der Waals surface area contributed by atoms with E-state index >= 15 is 0 Å². The molecule has 1 amide bonds. The van der Waals surface area contributed by atoms with E-state index in [1.54, 1.807) is 13.8 Å². The topological polar surface area (TPSA) is 92.4 Å². The highest BCUT2D eigenvalue weighted by Gasteiger charge is 2.23. The number of carboxylic acids is 1. The lowest BCUT2D eigenvalue weighted by molar-refractivity contribution is -0.143. The van der Waals surface area contributed by atoms with Crippen molar-refractivity contribution in [1.29, 1.82) is 0 Å². The average molecular weight is 290 g/mol. The molecule has 0 spiro atoms. The zero-order valence-electron chi connectivity index (χ0n) is 12.0. The number of amides is 1. The maximum absolute atomic E-state index is 11.8. The highest BCUT2D eigenvalue weighted by molar-refractivity contribution is 5.83. The Labute approximate surface area is 122 Å². The molecule has 6 nitrogen and oxygen atoms in total. The van der Waals surface area contributed by atoms with Gasteiger partial charge in [-0.05, 0) is 18.1 Å². The number of aliphatic carboxylic acids is 1. The summed E-state index contributed by atoms with van der Waals surface area (Å²) in [5.74, 6) is -1.04. The van der Waals surface area contributed by atoms with Crippen molar-refractivity contribution in [3.8, 4) is 0 Å². The number of hydrogen-bond donors (Lipinski definition) is 2. The van der Waals surface area contributed by atoms with Gasteiger partial charge in [0.15, 0.2) is 11.5 Å². The number of para-hydroxylation sites is 2. The number of oxazole rings is 1. The number of aromatic nitrogens is 1. The first kappa shape index (κ1) is 15.0. The summed E-state index contributed by atoms with van der Waals surface area (Å²) in [6.07, 6.45) is 0.480. The highest BCUT2D eigenvalue weighted by atomic mass is 16.4. The summed E-state index contributed by atoms with van der Waals surface area (Å²) in [7, 11) is 0. The molecule has 0 radical (unpaired) electrons. The maximum Gasteiger partial charge on any atom is 0.326 e. The molecule has 0 aliphatic carbocycles. The molecule has 2 rings (SSSR count). The van der Waals surface area contributed by atoms with Crippen molar-refractivity contribution in [2.75, 3.05) is 0 Å². The fourth-order valence-electron chi connectivity index (χ4n) is 2.01. The zero-order chi connectivity index (χ0) is 15.4. The summed E-state index contributed by atoms with van der Waals surface area (Å²) in [6.45, 7) is 3.50. The number of benzene rings is 1. The van der Waals surface area contributed by atoms with Gasteiger partial charge in [-0.1, -0.05) is 26.0 Å². The molecule has 0 fully saturated rings. The first-order chi connectivity index (χ1) is 9.97. The molecule has 0 bridgehead atoms. The van der Waals surface area contributed by atoms with E-state index in [9.17, 15) is 9.59 Å². The predicted octanol–water partition coefficient (Wildman–Crippen LogP) is 1.99. The number of rotatable bonds is 6. The van der Waals surface area contributed by atoms with E-state index < -0.39 is 12.0 Å². The maximum atomic E-state index is 11.8. The summed E-state index contributed by atoms with van der Waals surface area (Å²) in [5.41, 5.74) is 1.43. The van der Waals surface area contributed by atoms with Crippen molar-refractivity contribution >= 4 is 23.0 Å². The lowest BCUT2D eigenvalue weighted by Gasteiger charge is -2.17. The summed E-state index contributed by atoms with van der Waals surface area (Å²) in [4.78, 5) is 27.1. The Morgan fingerprint density at radius 3 is 2.67 bits per heavy atom. The number of carbonyl (C=O) groups is 2. The van der Waals surface area contributed by atoms with Crippen molar-refractivity contribution in [2.45, 2.75) is 32.7 Å². The summed E-state index contributed by atoms with van der Waals surface area (Å²) < 4.78 is 5.51. The minimum Gasteiger partial charge on any atom is -0.480 e. The fraction of sp³-hybridized carbons (Fsp3) is 0.400. The van der Waals surface area contributed by atoms with Crippen molar-refractivity contribution < 1.29 is 19.1 Å². The van der Waals surface area contributed by atoms with Gasteiger partial charge >= 0.3 is 5.97 Å². The van der Waals surface area contributed by atoms with Gasteiger partial charge in [-0.15, -0.1) is 0 Å². The Kier molecular flexibility index (Phi) is 4.57. The molecule has 0 aliphatic heterocycles. The van der Waals surface area contributed by atoms with E-state index in [2.05, 4.69) is 10.3 Å². The van der Waals surface area contributed by atoms with Gasteiger partial charge in [0.1, 0.15) is 11.6 Å². The standard InChI is InChI=1S/C15H18N2O4/c1-9(2)14(15(19)20)17-12(18)7-8-13-16-10-5-3-4-6-11(10)21-13/h3-6,9,14H,7-8H2,1-2H3,(H,17,18)(H,19,20)/t14-/m1/s1. The van der Waals surface area contributed by atoms with Gasteiger partial charge in [-0.3, -0.25) is 4.79 Å². The number of nitrogens with zero attached hydrogens (tertiary/aromatic N) is 1. The molecule has 112 valence electrons. The highest BCUT2D eigenvalue weighted by Crippen LogP contribution is 2.15. The molecule has 0 saturated heterocycles. The largest absolute Gasteiger partial charge is 0.480 e. The SMILES string of the molecule is CC(C)[C@@H](NC(=O)CCc1nc2ccccc2o1)C(=O)O. The Morgan fingerprint density at radius 2 is 2.05 bits per heavy atom. The third kappa shape index (κ3) is 3.81. The van der Waals surface area contributed by atoms with E-state index in [1.165, 1.54) is 0 Å². The monoisotopic (exact) mass is 290 g/mol. The van der Waals surface area contributed by atoms with Crippen LogP contribution < -0.4 is 5.32 Å². The van der Waals surface area contributed by atoms with Crippen LogP contribution in [0.5, 0.6) is 0 Å². The number of fused-ring (bicyclic) bond motifs is 1. The summed E-state index contributed by atoms with van der Waals surface area (Å²) >= 11 is 0. The second-order valence-electron chi connectivity index (χ2n) is 5.20. The van der Waals surface area contributed by atoms with Gasteiger partial charge in [-0.2, -0.15) is 0 Å². The number of hydrogen-bond acceptors (Lipinski definition) is 4. The van der Waals surface area contributed by atoms with E-state index in [4.69, 9.17) is 9.52 Å². The van der Waals surface area contributed by atoms with Crippen molar-refractivity contribution in [1.82, 2.24) is 10.3 Å². The molecule has 1 aromatic carbocycles. The van der Waals surface area contributed by atoms with Crippen molar-refractivity contribution in [3.05, 3.63) is 30.2 Å². The second-order valence-corrected chi connectivity index (χ2v) is 5.20. The average Bonchev–Trinajstić information content (AvgIpc) is 2.84.